The molecular formula is C14H29ClNO7P. The zero-order valence-electron chi connectivity index (χ0n) is 15.1. The molecule has 0 atom stereocenters. The lowest BCUT2D eigenvalue weighted by molar-refractivity contribution is -0.162. The Balaban J connectivity index is 0. The molecule has 8 nitrogen and oxygen atoms in total. The van der Waals surface area contributed by atoms with Crippen molar-refractivity contribution in [1.29, 1.82) is 0 Å². The fourth-order valence-corrected chi connectivity index (χ4v) is 2.15. The van der Waals surface area contributed by atoms with E-state index >= 15 is 0 Å². The van der Waals surface area contributed by atoms with Crippen molar-refractivity contribution in [2.24, 2.45) is 16.6 Å². The van der Waals surface area contributed by atoms with Gasteiger partial charge in [-0.1, -0.05) is 0 Å². The van der Waals surface area contributed by atoms with Gasteiger partial charge in [0.15, 0.2) is 0 Å². The van der Waals surface area contributed by atoms with Crippen molar-refractivity contribution in [3.05, 3.63) is 0 Å². The van der Waals surface area contributed by atoms with Crippen LogP contribution in [-0.2, 0) is 32.7 Å². The summed E-state index contributed by atoms with van der Waals surface area (Å²) in [6.45, 7) is 9.05. The van der Waals surface area contributed by atoms with E-state index in [9.17, 15) is 14.2 Å². The van der Waals surface area contributed by atoms with E-state index in [-0.39, 0.29) is 25.1 Å². The van der Waals surface area contributed by atoms with Gasteiger partial charge in [0.1, 0.15) is 0 Å². The maximum atomic E-state index is 12.4. The molecule has 0 saturated carbocycles. The molecule has 0 aromatic rings. The van der Waals surface area contributed by atoms with Crippen LogP contribution in [0.15, 0.2) is 0 Å². The van der Waals surface area contributed by atoms with Gasteiger partial charge in [0, 0.05) is 6.54 Å². The fourth-order valence-electron chi connectivity index (χ4n) is 1.08. The first-order valence-corrected chi connectivity index (χ1v) is 8.97. The highest BCUT2D eigenvalue weighted by Gasteiger charge is 2.29. The van der Waals surface area contributed by atoms with Crippen LogP contribution in [0.4, 0.5) is 0 Å². The van der Waals surface area contributed by atoms with E-state index in [0.717, 1.165) is 0 Å². The van der Waals surface area contributed by atoms with Gasteiger partial charge in [-0.05, 0) is 41.5 Å². The SMILES string of the molecule is CC(C)(C)C(=O)OCOP(=O)(CCN)OCOC(=O)C(C)(C)C.Cl. The molecule has 0 bridgehead atoms. The van der Waals surface area contributed by atoms with Gasteiger partial charge in [0.25, 0.3) is 0 Å². The summed E-state index contributed by atoms with van der Waals surface area (Å²) in [5.74, 6) is -1.01. The Kier molecular flexibility index (Phi) is 11.0. The van der Waals surface area contributed by atoms with E-state index in [4.69, 9.17) is 24.3 Å². The number of nitrogens with two attached hydrogens (primary N) is 1. The third-order valence-corrected chi connectivity index (χ3v) is 4.31. The maximum Gasteiger partial charge on any atom is 0.337 e. The highest BCUT2D eigenvalue weighted by Crippen LogP contribution is 2.47. The summed E-state index contributed by atoms with van der Waals surface area (Å²) in [7, 11) is -3.62. The van der Waals surface area contributed by atoms with Crippen molar-refractivity contribution < 1.29 is 32.7 Å². The average molecular weight is 390 g/mol. The minimum absolute atomic E-state index is 0. The highest BCUT2D eigenvalue weighted by molar-refractivity contribution is 7.53. The monoisotopic (exact) mass is 389 g/mol. The zero-order chi connectivity index (χ0) is 18.3. The number of hydrogen-bond acceptors (Lipinski definition) is 8. The molecule has 0 rings (SSSR count). The van der Waals surface area contributed by atoms with Gasteiger partial charge < -0.3 is 15.2 Å². The van der Waals surface area contributed by atoms with Gasteiger partial charge in [-0.25, -0.2) is 0 Å². The summed E-state index contributed by atoms with van der Waals surface area (Å²) in [5.41, 5.74) is 3.96. The molecule has 0 heterocycles. The number of hydrogen-bond donors (Lipinski definition) is 1. The van der Waals surface area contributed by atoms with Crippen LogP contribution in [-0.4, -0.2) is 38.2 Å². The van der Waals surface area contributed by atoms with Crippen LogP contribution in [0.1, 0.15) is 41.5 Å². The van der Waals surface area contributed by atoms with Crippen molar-refractivity contribution in [2.75, 3.05) is 26.3 Å². The summed E-state index contributed by atoms with van der Waals surface area (Å²) in [6.07, 6.45) is -0.0901. The second-order valence-electron chi connectivity index (χ2n) is 6.98. The molecular weight excluding hydrogens is 361 g/mol. The predicted molar refractivity (Wildman–Crippen MR) is 91.8 cm³/mol. The van der Waals surface area contributed by atoms with E-state index in [1.165, 1.54) is 0 Å². The Labute approximate surface area is 149 Å². The van der Waals surface area contributed by atoms with Crippen LogP contribution in [0, 0.1) is 10.8 Å². The Hall–Kier alpha value is -0.660. The van der Waals surface area contributed by atoms with Crippen LogP contribution in [0.5, 0.6) is 0 Å². The van der Waals surface area contributed by atoms with Crippen molar-refractivity contribution in [1.82, 2.24) is 0 Å². The maximum absolute atomic E-state index is 12.4. The largest absolute Gasteiger partial charge is 0.438 e. The lowest BCUT2D eigenvalue weighted by Crippen LogP contribution is -2.25. The molecule has 0 aliphatic carbocycles. The Morgan fingerprint density at radius 1 is 0.875 bits per heavy atom. The number of rotatable bonds is 8. The predicted octanol–water partition coefficient (Wildman–Crippen LogP) is 2.69. The molecule has 10 heteroatoms. The van der Waals surface area contributed by atoms with Gasteiger partial charge in [-0.2, -0.15) is 0 Å². The first-order chi connectivity index (χ1) is 10.3. The van der Waals surface area contributed by atoms with E-state index in [0.29, 0.717) is 0 Å². The number of halogens is 1. The van der Waals surface area contributed by atoms with Crippen molar-refractivity contribution in [3.8, 4) is 0 Å². The summed E-state index contributed by atoms with van der Waals surface area (Å²) in [5, 5.41) is 0. The average Bonchev–Trinajstić information content (AvgIpc) is 2.36. The fraction of sp³-hybridized carbons (Fsp3) is 0.857. The van der Waals surface area contributed by atoms with E-state index in [1.807, 2.05) is 0 Å². The smallest absolute Gasteiger partial charge is 0.337 e. The minimum atomic E-state index is -3.62. The molecule has 0 aromatic carbocycles. The number of carbonyl (C=O) groups is 2. The molecule has 0 saturated heterocycles. The quantitative estimate of drug-likeness (QED) is 0.383. The van der Waals surface area contributed by atoms with Crippen LogP contribution in [0.3, 0.4) is 0 Å². The van der Waals surface area contributed by atoms with Gasteiger partial charge in [0.05, 0.1) is 17.0 Å². The molecule has 24 heavy (non-hydrogen) atoms. The third-order valence-electron chi connectivity index (χ3n) is 2.51. The lowest BCUT2D eigenvalue weighted by atomic mass is 9.98. The highest BCUT2D eigenvalue weighted by atomic mass is 35.5. The third kappa shape index (κ3) is 10.3. The van der Waals surface area contributed by atoms with Crippen molar-refractivity contribution in [3.63, 3.8) is 0 Å². The normalized spacial score (nSPS) is 12.3. The molecule has 0 aromatic heterocycles. The number of carbonyl (C=O) groups excluding carboxylic acids is 2. The van der Waals surface area contributed by atoms with E-state index in [2.05, 4.69) is 0 Å². The second kappa shape index (κ2) is 10.4. The van der Waals surface area contributed by atoms with E-state index in [1.54, 1.807) is 41.5 Å². The molecule has 0 aliphatic heterocycles. The number of ether oxygens (including phenoxy) is 2. The summed E-state index contributed by atoms with van der Waals surface area (Å²) in [4.78, 5) is 23.2. The second-order valence-corrected chi connectivity index (χ2v) is 9.17. The number of esters is 2. The molecule has 2 N–H and O–H groups in total. The molecule has 0 radical (unpaired) electrons. The Morgan fingerprint density at radius 2 is 1.21 bits per heavy atom. The van der Waals surface area contributed by atoms with E-state index < -0.39 is 44.0 Å². The minimum Gasteiger partial charge on any atom is -0.438 e. The van der Waals surface area contributed by atoms with Crippen molar-refractivity contribution in [2.45, 2.75) is 41.5 Å². The van der Waals surface area contributed by atoms with Crippen LogP contribution >= 0.6 is 20.0 Å². The first-order valence-electron chi connectivity index (χ1n) is 7.24. The molecule has 0 fully saturated rings. The first kappa shape index (κ1) is 25.6. The Bertz CT molecular complexity index is 421. The Morgan fingerprint density at radius 3 is 1.46 bits per heavy atom. The molecule has 0 spiro atoms. The molecule has 0 unspecified atom stereocenters. The topological polar surface area (TPSA) is 114 Å². The molecule has 0 aliphatic rings. The van der Waals surface area contributed by atoms with Gasteiger partial charge in [-0.3, -0.25) is 23.2 Å². The standard InChI is InChI=1S/C14H28NO7P.ClH/c1-13(2,3)11(16)19-9-21-23(18,8-7-15)22-10-20-12(17)14(4,5)6;/h7-10,15H2,1-6H3;1H. The van der Waals surface area contributed by atoms with Crippen LogP contribution in [0.25, 0.3) is 0 Å². The van der Waals surface area contributed by atoms with Crippen molar-refractivity contribution >= 4 is 31.9 Å². The molecule has 0 amide bonds. The van der Waals surface area contributed by atoms with Gasteiger partial charge in [-0.15, -0.1) is 12.4 Å². The zero-order valence-corrected chi connectivity index (χ0v) is 16.8. The molecule has 144 valence electrons. The summed E-state index contributed by atoms with van der Waals surface area (Å²) in [6, 6.07) is 0. The van der Waals surface area contributed by atoms with Gasteiger partial charge >= 0.3 is 19.5 Å². The lowest BCUT2D eigenvalue weighted by Gasteiger charge is -2.21. The summed E-state index contributed by atoms with van der Waals surface area (Å²) < 4.78 is 32.1. The summed E-state index contributed by atoms with van der Waals surface area (Å²) >= 11 is 0. The van der Waals surface area contributed by atoms with Gasteiger partial charge in [0.2, 0.25) is 13.6 Å². The van der Waals surface area contributed by atoms with Crippen LogP contribution < -0.4 is 5.73 Å². The van der Waals surface area contributed by atoms with Crippen LogP contribution in [0.2, 0.25) is 0 Å².